The third kappa shape index (κ3) is 1.28. The Morgan fingerprint density at radius 3 is 2.67 bits per heavy atom. The zero-order valence-corrected chi connectivity index (χ0v) is 8.23. The summed E-state index contributed by atoms with van der Waals surface area (Å²) in [6.45, 7) is 0. The highest BCUT2D eigenvalue weighted by atomic mass is 16.1. The first kappa shape index (κ1) is 8.42. The molecule has 0 aliphatic heterocycles. The van der Waals surface area contributed by atoms with E-state index in [1.807, 2.05) is 30.4 Å². The fourth-order valence-corrected chi connectivity index (χ4v) is 2.04. The number of ketones is 1. The molecule has 0 bridgehead atoms. The Bertz CT molecular complexity index is 615. The molecule has 0 amide bonds. The minimum absolute atomic E-state index is 0.227. The summed E-state index contributed by atoms with van der Waals surface area (Å²) in [5.74, 6) is 0.227. The quantitative estimate of drug-likeness (QED) is 0.604. The number of allylic oxidation sites excluding steroid dienone is 4. The van der Waals surface area contributed by atoms with Crippen molar-refractivity contribution < 1.29 is 4.79 Å². The van der Waals surface area contributed by atoms with E-state index in [-0.39, 0.29) is 5.78 Å². The van der Waals surface area contributed by atoms with Crippen LogP contribution < -0.4 is 10.4 Å². The highest BCUT2D eigenvalue weighted by Crippen LogP contribution is 2.23. The van der Waals surface area contributed by atoms with Gasteiger partial charge >= 0.3 is 0 Å². The average Bonchev–Trinajstić information content (AvgIpc) is 2.51. The van der Waals surface area contributed by atoms with Crippen molar-refractivity contribution in [2.24, 2.45) is 0 Å². The largest absolute Gasteiger partial charge is 0.294 e. The molecule has 1 nitrogen and oxygen atoms in total. The molecule has 72 valence electrons. The maximum Gasteiger partial charge on any atom is 0.167 e. The lowest BCUT2D eigenvalue weighted by molar-refractivity contribution is -0.114. The van der Waals surface area contributed by atoms with E-state index in [2.05, 4.69) is 18.2 Å². The van der Waals surface area contributed by atoms with Crippen molar-refractivity contribution in [3.8, 4) is 0 Å². The minimum atomic E-state index is 0.227. The summed E-state index contributed by atoms with van der Waals surface area (Å²) in [5, 5.41) is 2.36. The van der Waals surface area contributed by atoms with Crippen molar-refractivity contribution in [3.63, 3.8) is 0 Å². The summed E-state index contributed by atoms with van der Waals surface area (Å²) in [6.07, 6.45) is 8.60. The zero-order chi connectivity index (χ0) is 10.3. The van der Waals surface area contributed by atoms with E-state index in [1.54, 1.807) is 0 Å². The number of carbonyl (C=O) groups is 1. The van der Waals surface area contributed by atoms with Gasteiger partial charge in [0, 0.05) is 12.0 Å². The van der Waals surface area contributed by atoms with Crippen LogP contribution >= 0.6 is 0 Å². The van der Waals surface area contributed by atoms with Crippen molar-refractivity contribution in [2.75, 3.05) is 0 Å². The van der Waals surface area contributed by atoms with Gasteiger partial charge in [0.1, 0.15) is 0 Å². The van der Waals surface area contributed by atoms with E-state index in [9.17, 15) is 4.79 Å². The number of rotatable bonds is 0. The Labute approximate surface area is 87.7 Å². The Morgan fingerprint density at radius 2 is 1.80 bits per heavy atom. The Kier molecular flexibility index (Phi) is 1.72. The highest BCUT2D eigenvalue weighted by molar-refractivity contribution is 6.07. The van der Waals surface area contributed by atoms with Gasteiger partial charge < -0.3 is 0 Å². The molecular weight excluding hydrogens is 184 g/mol. The first-order valence-corrected chi connectivity index (χ1v) is 5.07. The lowest BCUT2D eigenvalue weighted by Gasteiger charge is -1.94. The summed E-state index contributed by atoms with van der Waals surface area (Å²) in [5.41, 5.74) is 1.92. The average molecular weight is 194 g/mol. The molecule has 0 N–H and O–H groups in total. The molecular formula is C14H10O. The van der Waals surface area contributed by atoms with Crippen molar-refractivity contribution in [3.05, 3.63) is 58.0 Å². The second-order valence-electron chi connectivity index (χ2n) is 3.81. The summed E-state index contributed by atoms with van der Waals surface area (Å²) in [4.78, 5) is 11.6. The van der Waals surface area contributed by atoms with Crippen LogP contribution in [0, 0.1) is 0 Å². The molecule has 0 radical (unpaired) electrons. The van der Waals surface area contributed by atoms with Gasteiger partial charge in [-0.2, -0.15) is 0 Å². The molecule has 0 heterocycles. The molecule has 1 aromatic carbocycles. The van der Waals surface area contributed by atoms with Crippen LogP contribution in [0.25, 0.3) is 12.2 Å². The number of Topliss-reactive ketones (excluding diaryl/α,β-unsaturated/α-hetero) is 1. The van der Waals surface area contributed by atoms with E-state index in [4.69, 9.17) is 0 Å². The van der Waals surface area contributed by atoms with Crippen molar-refractivity contribution in [1.29, 1.82) is 0 Å². The number of benzene rings is 1. The van der Waals surface area contributed by atoms with Gasteiger partial charge in [0.2, 0.25) is 0 Å². The topological polar surface area (TPSA) is 17.1 Å². The lowest BCUT2D eigenvalue weighted by Crippen LogP contribution is -2.22. The minimum Gasteiger partial charge on any atom is -0.294 e. The summed E-state index contributed by atoms with van der Waals surface area (Å²) in [6, 6.07) is 8.17. The van der Waals surface area contributed by atoms with E-state index in [1.165, 1.54) is 10.4 Å². The van der Waals surface area contributed by atoms with Crippen LogP contribution in [-0.4, -0.2) is 5.78 Å². The predicted molar refractivity (Wildman–Crippen MR) is 60.4 cm³/mol. The van der Waals surface area contributed by atoms with E-state index in [0.29, 0.717) is 6.42 Å². The smallest absolute Gasteiger partial charge is 0.167 e. The maximum atomic E-state index is 11.6. The number of hydrogen-bond acceptors (Lipinski definition) is 1. The van der Waals surface area contributed by atoms with Gasteiger partial charge in [-0.25, -0.2) is 0 Å². The molecule has 0 fully saturated rings. The van der Waals surface area contributed by atoms with Gasteiger partial charge in [0.05, 0.1) is 0 Å². The predicted octanol–water partition coefficient (Wildman–Crippen LogP) is 1.09. The monoisotopic (exact) mass is 194 g/mol. The molecule has 0 saturated heterocycles. The normalized spacial score (nSPS) is 17.7. The molecule has 0 saturated carbocycles. The standard InChI is InChI=1S/C14H10O/c15-14-8-6-12-9-11-4-2-1-3-10(11)5-7-13(12)14/h1-7,9H,8H2. The second kappa shape index (κ2) is 3.06. The van der Waals surface area contributed by atoms with Gasteiger partial charge in [-0.15, -0.1) is 0 Å². The molecule has 0 aromatic heterocycles. The maximum absolute atomic E-state index is 11.6. The molecule has 2 aliphatic carbocycles. The molecule has 2 aliphatic rings. The van der Waals surface area contributed by atoms with Gasteiger partial charge in [-0.1, -0.05) is 42.5 Å². The van der Waals surface area contributed by atoms with Gasteiger partial charge in [0.25, 0.3) is 0 Å². The van der Waals surface area contributed by atoms with Crippen LogP contribution in [0.1, 0.15) is 6.42 Å². The zero-order valence-electron chi connectivity index (χ0n) is 8.23. The molecule has 3 rings (SSSR count). The van der Waals surface area contributed by atoms with Gasteiger partial charge in [-0.3, -0.25) is 4.79 Å². The Hall–Kier alpha value is -1.89. The van der Waals surface area contributed by atoms with Crippen molar-refractivity contribution >= 4 is 17.9 Å². The molecule has 15 heavy (non-hydrogen) atoms. The van der Waals surface area contributed by atoms with Crippen LogP contribution in [0.5, 0.6) is 0 Å². The molecule has 0 atom stereocenters. The van der Waals surface area contributed by atoms with Gasteiger partial charge in [0.15, 0.2) is 5.78 Å². The van der Waals surface area contributed by atoms with Crippen LogP contribution in [0.15, 0.2) is 47.6 Å². The fourth-order valence-electron chi connectivity index (χ4n) is 2.04. The number of carbonyl (C=O) groups excluding carboxylic acids is 1. The SMILES string of the molecule is O=C1CC=C2C=c3ccccc3=CC=C12. The van der Waals surface area contributed by atoms with Gasteiger partial charge in [-0.05, 0) is 22.1 Å². The summed E-state index contributed by atoms with van der Waals surface area (Å²) >= 11 is 0. The highest BCUT2D eigenvalue weighted by Gasteiger charge is 2.18. The number of hydrogen-bond donors (Lipinski definition) is 0. The second-order valence-corrected chi connectivity index (χ2v) is 3.81. The van der Waals surface area contributed by atoms with Crippen LogP contribution in [0.2, 0.25) is 0 Å². The molecule has 0 unspecified atom stereocenters. The van der Waals surface area contributed by atoms with Crippen LogP contribution in [0.4, 0.5) is 0 Å². The van der Waals surface area contributed by atoms with E-state index < -0.39 is 0 Å². The Balaban J connectivity index is 2.35. The Morgan fingerprint density at radius 1 is 1.00 bits per heavy atom. The van der Waals surface area contributed by atoms with Crippen LogP contribution in [0.3, 0.4) is 0 Å². The lowest BCUT2D eigenvalue weighted by atomic mass is 10.1. The van der Waals surface area contributed by atoms with E-state index in [0.717, 1.165) is 11.1 Å². The van der Waals surface area contributed by atoms with Crippen molar-refractivity contribution in [2.45, 2.75) is 6.42 Å². The molecule has 0 spiro atoms. The third-order valence-electron chi connectivity index (χ3n) is 2.86. The number of fused-ring (bicyclic) bond motifs is 2. The van der Waals surface area contributed by atoms with Crippen molar-refractivity contribution in [1.82, 2.24) is 0 Å². The first-order chi connectivity index (χ1) is 7.34. The molecule has 1 aromatic rings. The summed E-state index contributed by atoms with van der Waals surface area (Å²) < 4.78 is 0. The summed E-state index contributed by atoms with van der Waals surface area (Å²) in [7, 11) is 0. The first-order valence-electron chi connectivity index (χ1n) is 5.07. The third-order valence-corrected chi connectivity index (χ3v) is 2.86. The molecule has 1 heteroatoms. The van der Waals surface area contributed by atoms with Crippen LogP contribution in [-0.2, 0) is 4.79 Å². The van der Waals surface area contributed by atoms with E-state index >= 15 is 0 Å². The fraction of sp³-hybridized carbons (Fsp3) is 0.0714.